The van der Waals surface area contributed by atoms with Crippen molar-refractivity contribution in [2.45, 2.75) is 9.92 Å². The number of nitrogens with zero attached hydrogens (tertiary/aromatic N) is 2. The number of pyridine rings is 1. The molecule has 2 nitrogen and oxygen atoms in total. The van der Waals surface area contributed by atoms with Gasteiger partial charge in [-0.05, 0) is 62.2 Å². The number of aromatic nitrogens is 1. The van der Waals surface area contributed by atoms with Gasteiger partial charge in [-0.2, -0.15) is 5.26 Å². The van der Waals surface area contributed by atoms with Crippen molar-refractivity contribution in [1.29, 1.82) is 5.26 Å². The summed E-state index contributed by atoms with van der Waals surface area (Å²) in [6.07, 6.45) is 1.75. The SMILES string of the molecule is N#Cc1ccc(Sc2ncccc2Br)c(Br)c1. The average Bonchev–Trinajstić information content (AvgIpc) is 2.34. The average molecular weight is 370 g/mol. The molecular formula is C12H6Br2N2S. The van der Waals surface area contributed by atoms with Crippen LogP contribution in [-0.4, -0.2) is 4.98 Å². The van der Waals surface area contributed by atoms with Gasteiger partial charge in [0.1, 0.15) is 5.03 Å². The lowest BCUT2D eigenvalue weighted by Gasteiger charge is -2.05. The number of halogens is 2. The van der Waals surface area contributed by atoms with Crippen LogP contribution < -0.4 is 0 Å². The van der Waals surface area contributed by atoms with Crippen molar-refractivity contribution in [2.75, 3.05) is 0 Å². The molecule has 1 aromatic carbocycles. The molecule has 1 heterocycles. The summed E-state index contributed by atoms with van der Waals surface area (Å²) in [4.78, 5) is 5.32. The maximum Gasteiger partial charge on any atom is 0.115 e. The van der Waals surface area contributed by atoms with E-state index in [0.717, 1.165) is 18.9 Å². The standard InChI is InChI=1S/C12H6Br2N2S/c13-9-2-1-5-16-12(9)17-11-4-3-8(7-15)6-10(11)14/h1-6H. The molecule has 0 saturated carbocycles. The van der Waals surface area contributed by atoms with Gasteiger partial charge in [-0.1, -0.05) is 11.8 Å². The molecule has 2 aromatic rings. The summed E-state index contributed by atoms with van der Waals surface area (Å²) in [5.74, 6) is 0. The topological polar surface area (TPSA) is 36.7 Å². The molecule has 0 aliphatic rings. The summed E-state index contributed by atoms with van der Waals surface area (Å²) < 4.78 is 1.86. The van der Waals surface area contributed by atoms with E-state index in [2.05, 4.69) is 42.9 Å². The van der Waals surface area contributed by atoms with Crippen LogP contribution in [0.1, 0.15) is 5.56 Å². The molecule has 0 atom stereocenters. The molecule has 84 valence electrons. The molecule has 0 radical (unpaired) electrons. The second-order valence-corrected chi connectivity index (χ2v) is 5.89. The van der Waals surface area contributed by atoms with E-state index in [1.165, 1.54) is 0 Å². The molecule has 0 aliphatic heterocycles. The van der Waals surface area contributed by atoms with E-state index in [1.54, 1.807) is 30.1 Å². The smallest absolute Gasteiger partial charge is 0.115 e. The van der Waals surface area contributed by atoms with Gasteiger partial charge < -0.3 is 0 Å². The molecule has 0 saturated heterocycles. The summed E-state index contributed by atoms with van der Waals surface area (Å²) in [5, 5.41) is 9.69. The van der Waals surface area contributed by atoms with Crippen LogP contribution in [0.3, 0.4) is 0 Å². The van der Waals surface area contributed by atoms with E-state index in [1.807, 2.05) is 18.2 Å². The van der Waals surface area contributed by atoms with Gasteiger partial charge in [0, 0.05) is 15.6 Å². The van der Waals surface area contributed by atoms with Crippen LogP contribution in [0.15, 0.2) is 55.4 Å². The normalized spacial score (nSPS) is 9.94. The number of benzene rings is 1. The van der Waals surface area contributed by atoms with Gasteiger partial charge in [0.15, 0.2) is 0 Å². The van der Waals surface area contributed by atoms with E-state index in [4.69, 9.17) is 5.26 Å². The Balaban J connectivity index is 2.32. The zero-order valence-electron chi connectivity index (χ0n) is 8.52. The van der Waals surface area contributed by atoms with E-state index < -0.39 is 0 Å². The minimum atomic E-state index is 0.640. The lowest BCUT2D eigenvalue weighted by molar-refractivity contribution is 1.11. The highest BCUT2D eigenvalue weighted by molar-refractivity contribution is 9.11. The highest BCUT2D eigenvalue weighted by Gasteiger charge is 2.07. The maximum absolute atomic E-state index is 8.79. The maximum atomic E-state index is 8.79. The second kappa shape index (κ2) is 5.67. The monoisotopic (exact) mass is 368 g/mol. The minimum Gasteiger partial charge on any atom is -0.248 e. The summed E-state index contributed by atoms with van der Waals surface area (Å²) in [6.45, 7) is 0. The van der Waals surface area contributed by atoms with Crippen molar-refractivity contribution in [3.05, 3.63) is 51.0 Å². The number of hydrogen-bond donors (Lipinski definition) is 0. The zero-order chi connectivity index (χ0) is 12.3. The summed E-state index contributed by atoms with van der Waals surface area (Å²) in [7, 11) is 0. The Kier molecular flexibility index (Phi) is 4.21. The number of nitriles is 1. The molecule has 1 aromatic heterocycles. The fraction of sp³-hybridized carbons (Fsp3) is 0. The van der Waals surface area contributed by atoms with E-state index >= 15 is 0 Å². The van der Waals surface area contributed by atoms with Crippen molar-refractivity contribution in [3.8, 4) is 6.07 Å². The van der Waals surface area contributed by atoms with Crippen molar-refractivity contribution in [1.82, 2.24) is 4.98 Å². The van der Waals surface area contributed by atoms with Crippen LogP contribution in [0, 0.1) is 11.3 Å². The highest BCUT2D eigenvalue weighted by Crippen LogP contribution is 2.36. The molecule has 0 spiro atoms. The fourth-order valence-corrected chi connectivity index (χ4v) is 3.10. The molecule has 2 rings (SSSR count). The van der Waals surface area contributed by atoms with Crippen LogP contribution >= 0.6 is 43.6 Å². The molecule has 0 unspecified atom stereocenters. The van der Waals surface area contributed by atoms with Crippen molar-refractivity contribution >= 4 is 43.6 Å². The third kappa shape index (κ3) is 3.09. The molecule has 0 bridgehead atoms. The van der Waals surface area contributed by atoms with Crippen molar-refractivity contribution in [3.63, 3.8) is 0 Å². The Hall–Kier alpha value is -0.830. The Labute approximate surface area is 120 Å². The predicted molar refractivity (Wildman–Crippen MR) is 74.9 cm³/mol. The lowest BCUT2D eigenvalue weighted by atomic mass is 10.2. The van der Waals surface area contributed by atoms with Crippen molar-refractivity contribution in [2.24, 2.45) is 0 Å². The van der Waals surface area contributed by atoms with Crippen LogP contribution in [0.4, 0.5) is 0 Å². The molecule has 0 amide bonds. The fourth-order valence-electron chi connectivity index (χ4n) is 1.20. The lowest BCUT2D eigenvalue weighted by Crippen LogP contribution is -1.83. The Morgan fingerprint density at radius 1 is 1.18 bits per heavy atom. The molecule has 5 heteroatoms. The van der Waals surface area contributed by atoms with Crippen LogP contribution in [-0.2, 0) is 0 Å². The first kappa shape index (κ1) is 12.6. The van der Waals surface area contributed by atoms with E-state index in [0.29, 0.717) is 5.56 Å². The van der Waals surface area contributed by atoms with Gasteiger partial charge in [-0.15, -0.1) is 0 Å². The zero-order valence-corrected chi connectivity index (χ0v) is 12.5. The van der Waals surface area contributed by atoms with Gasteiger partial charge in [0.2, 0.25) is 0 Å². The van der Waals surface area contributed by atoms with Gasteiger partial charge >= 0.3 is 0 Å². The Morgan fingerprint density at radius 2 is 2.00 bits per heavy atom. The highest BCUT2D eigenvalue weighted by atomic mass is 79.9. The quantitative estimate of drug-likeness (QED) is 0.774. The van der Waals surface area contributed by atoms with Gasteiger partial charge in [0.05, 0.1) is 16.1 Å². The number of rotatable bonds is 2. The van der Waals surface area contributed by atoms with E-state index in [9.17, 15) is 0 Å². The first-order valence-electron chi connectivity index (χ1n) is 4.69. The van der Waals surface area contributed by atoms with Gasteiger partial charge in [-0.3, -0.25) is 0 Å². The molecule has 0 aliphatic carbocycles. The van der Waals surface area contributed by atoms with Crippen LogP contribution in [0.5, 0.6) is 0 Å². The third-order valence-corrected chi connectivity index (χ3v) is 4.91. The van der Waals surface area contributed by atoms with E-state index in [-0.39, 0.29) is 0 Å². The molecule has 0 fully saturated rings. The summed E-state index contributed by atoms with van der Waals surface area (Å²) in [6, 6.07) is 11.4. The molecular weight excluding hydrogens is 364 g/mol. The predicted octanol–water partition coefficient (Wildman–Crippen LogP) is 4.63. The van der Waals surface area contributed by atoms with Gasteiger partial charge in [-0.25, -0.2) is 4.98 Å². The van der Waals surface area contributed by atoms with Crippen LogP contribution in [0.25, 0.3) is 0 Å². The first-order valence-corrected chi connectivity index (χ1v) is 7.09. The third-order valence-electron chi connectivity index (χ3n) is 1.99. The van der Waals surface area contributed by atoms with Gasteiger partial charge in [0.25, 0.3) is 0 Å². The van der Waals surface area contributed by atoms with Crippen molar-refractivity contribution < 1.29 is 0 Å². The minimum absolute atomic E-state index is 0.640. The second-order valence-electron chi connectivity index (χ2n) is 3.15. The molecule has 0 N–H and O–H groups in total. The Morgan fingerprint density at radius 3 is 2.65 bits per heavy atom. The summed E-state index contributed by atoms with van der Waals surface area (Å²) in [5.41, 5.74) is 0.640. The summed E-state index contributed by atoms with van der Waals surface area (Å²) >= 11 is 8.46. The Bertz CT molecular complexity index is 593. The van der Waals surface area contributed by atoms with Crippen LogP contribution in [0.2, 0.25) is 0 Å². The largest absolute Gasteiger partial charge is 0.248 e. The molecule has 17 heavy (non-hydrogen) atoms. The first-order chi connectivity index (χ1) is 8.20. The number of hydrogen-bond acceptors (Lipinski definition) is 3.